The van der Waals surface area contributed by atoms with Gasteiger partial charge in [-0.2, -0.15) is 0 Å². The Labute approximate surface area is 168 Å². The number of aliphatic imine (C=N–C) groups is 1. The molecule has 2 nitrogen and oxygen atoms in total. The van der Waals surface area contributed by atoms with Crippen LogP contribution in [-0.2, 0) is 0 Å². The van der Waals surface area contributed by atoms with Crippen molar-refractivity contribution in [3.05, 3.63) is 24.6 Å². The number of piperidine rings is 1. The Morgan fingerprint density at radius 1 is 1.15 bits per heavy atom. The number of hydrogen-bond acceptors (Lipinski definition) is 2. The van der Waals surface area contributed by atoms with Crippen LogP contribution in [0.4, 0.5) is 0 Å². The lowest BCUT2D eigenvalue weighted by atomic mass is 9.69. The Morgan fingerprint density at radius 3 is 2.37 bits per heavy atom. The smallest absolute Gasteiger partial charge is 0.129 e. The Kier molecular flexibility index (Phi) is 8.21. The second kappa shape index (κ2) is 10.2. The molecule has 0 aromatic carbocycles. The lowest BCUT2D eigenvalue weighted by molar-refractivity contribution is 0.125. The van der Waals surface area contributed by atoms with Gasteiger partial charge in [0.1, 0.15) is 5.82 Å². The average Bonchev–Trinajstić information content (AvgIpc) is 2.63. The lowest BCUT2D eigenvalue weighted by Crippen LogP contribution is -2.35. The highest BCUT2D eigenvalue weighted by atomic mass is 15.2. The van der Waals surface area contributed by atoms with E-state index in [1.54, 1.807) is 0 Å². The second-order valence-electron chi connectivity index (χ2n) is 9.22. The molecule has 0 aromatic rings. The maximum atomic E-state index is 4.82. The molecule has 2 rings (SSSR count). The lowest BCUT2D eigenvalue weighted by Gasteiger charge is -2.40. The molecule has 0 spiro atoms. The molecule has 1 aliphatic heterocycles. The summed E-state index contributed by atoms with van der Waals surface area (Å²) in [6.45, 7) is 17.0. The predicted molar refractivity (Wildman–Crippen MR) is 119 cm³/mol. The molecule has 2 heteroatoms. The summed E-state index contributed by atoms with van der Waals surface area (Å²) in [7, 11) is 0. The minimum absolute atomic E-state index is 0.0513. The fraction of sp³-hybridized carbons (Fsp3) is 0.720. The molecule has 1 aliphatic carbocycles. The van der Waals surface area contributed by atoms with Crippen LogP contribution in [-0.4, -0.2) is 23.7 Å². The van der Waals surface area contributed by atoms with E-state index in [9.17, 15) is 0 Å². The van der Waals surface area contributed by atoms with Crippen LogP contribution in [0.15, 0.2) is 29.5 Å². The molecule has 2 fully saturated rings. The molecular weight excluding hydrogens is 328 g/mol. The zero-order valence-electron chi connectivity index (χ0n) is 18.4. The summed E-state index contributed by atoms with van der Waals surface area (Å²) in [6, 6.07) is 0. The first-order valence-corrected chi connectivity index (χ1v) is 11.0. The minimum atomic E-state index is 0.0513. The Balaban J connectivity index is 1.90. The topological polar surface area (TPSA) is 15.6 Å². The Hall–Kier alpha value is -1.49. The highest BCUT2D eigenvalue weighted by Gasteiger charge is 2.31. The van der Waals surface area contributed by atoms with E-state index in [0.717, 1.165) is 48.8 Å². The van der Waals surface area contributed by atoms with Crippen molar-refractivity contribution < 1.29 is 0 Å². The van der Waals surface area contributed by atoms with Crippen molar-refractivity contribution in [3.8, 4) is 11.8 Å². The van der Waals surface area contributed by atoms with Crippen molar-refractivity contribution in [2.24, 2.45) is 28.2 Å². The summed E-state index contributed by atoms with van der Waals surface area (Å²) < 4.78 is 0. The Morgan fingerprint density at radius 2 is 1.81 bits per heavy atom. The minimum Gasteiger partial charge on any atom is -0.357 e. The maximum Gasteiger partial charge on any atom is 0.129 e. The van der Waals surface area contributed by atoms with Crippen molar-refractivity contribution in [3.63, 3.8) is 0 Å². The van der Waals surface area contributed by atoms with Gasteiger partial charge in [0.15, 0.2) is 0 Å². The third kappa shape index (κ3) is 6.87. The van der Waals surface area contributed by atoms with Crippen molar-refractivity contribution in [1.82, 2.24) is 4.90 Å². The molecule has 0 N–H and O–H groups in total. The van der Waals surface area contributed by atoms with Crippen LogP contribution in [0.2, 0.25) is 0 Å². The number of hydrogen-bond donors (Lipinski definition) is 0. The summed E-state index contributed by atoms with van der Waals surface area (Å²) in [5, 5.41) is 0. The van der Waals surface area contributed by atoms with Gasteiger partial charge in [0.05, 0.1) is 5.71 Å². The van der Waals surface area contributed by atoms with E-state index < -0.39 is 0 Å². The predicted octanol–water partition coefficient (Wildman–Crippen LogP) is 6.45. The van der Waals surface area contributed by atoms with Crippen molar-refractivity contribution in [2.75, 3.05) is 13.1 Å². The third-order valence-electron chi connectivity index (χ3n) is 6.53. The van der Waals surface area contributed by atoms with E-state index in [-0.39, 0.29) is 5.41 Å². The molecule has 0 amide bonds. The van der Waals surface area contributed by atoms with Crippen molar-refractivity contribution in [1.29, 1.82) is 0 Å². The molecule has 1 saturated carbocycles. The van der Waals surface area contributed by atoms with Crippen LogP contribution >= 0.6 is 0 Å². The molecule has 0 bridgehead atoms. The van der Waals surface area contributed by atoms with Gasteiger partial charge in [0.2, 0.25) is 0 Å². The van der Waals surface area contributed by atoms with Gasteiger partial charge in [-0.15, -0.1) is 0 Å². The SMILES string of the molecule is C=C/C=C(\N=C(C)C#CC(C)(C)CC)N1CCC(CC2CC(CC)C2)CC1. The van der Waals surface area contributed by atoms with Crippen molar-refractivity contribution in [2.45, 2.75) is 79.6 Å². The van der Waals surface area contributed by atoms with Gasteiger partial charge in [-0.05, 0) is 83.1 Å². The summed E-state index contributed by atoms with van der Waals surface area (Å²) in [6.07, 6.45) is 13.3. The van der Waals surface area contributed by atoms with E-state index >= 15 is 0 Å². The largest absolute Gasteiger partial charge is 0.357 e. The molecule has 1 heterocycles. The van der Waals surface area contributed by atoms with E-state index in [4.69, 9.17) is 4.99 Å². The molecular formula is C25H40N2. The van der Waals surface area contributed by atoms with Gasteiger partial charge in [-0.3, -0.25) is 0 Å². The maximum absolute atomic E-state index is 4.82. The van der Waals surface area contributed by atoms with E-state index in [0.29, 0.717) is 0 Å². The summed E-state index contributed by atoms with van der Waals surface area (Å²) in [5.41, 5.74) is 0.947. The molecule has 0 unspecified atom stereocenters. The van der Waals surface area contributed by atoms with E-state index in [1.165, 1.54) is 38.5 Å². The van der Waals surface area contributed by atoms with Gasteiger partial charge >= 0.3 is 0 Å². The first kappa shape index (κ1) is 21.8. The highest BCUT2D eigenvalue weighted by molar-refractivity contribution is 5.99. The van der Waals surface area contributed by atoms with Gasteiger partial charge in [-0.25, -0.2) is 4.99 Å². The van der Waals surface area contributed by atoms with Crippen LogP contribution in [0.5, 0.6) is 0 Å². The quantitative estimate of drug-likeness (QED) is 0.286. The van der Waals surface area contributed by atoms with Gasteiger partial charge in [0.25, 0.3) is 0 Å². The van der Waals surface area contributed by atoms with Crippen LogP contribution in [0.1, 0.15) is 79.6 Å². The van der Waals surface area contributed by atoms with Crippen LogP contribution < -0.4 is 0 Å². The first-order chi connectivity index (χ1) is 12.9. The summed E-state index contributed by atoms with van der Waals surface area (Å²) in [4.78, 5) is 7.24. The molecule has 0 aromatic heterocycles. The van der Waals surface area contributed by atoms with Gasteiger partial charge < -0.3 is 4.90 Å². The molecule has 27 heavy (non-hydrogen) atoms. The van der Waals surface area contributed by atoms with Crippen molar-refractivity contribution >= 4 is 5.71 Å². The molecule has 150 valence electrons. The number of allylic oxidation sites excluding steroid dienone is 2. The van der Waals surface area contributed by atoms with Crippen LogP contribution in [0.3, 0.4) is 0 Å². The number of likely N-dealkylation sites (tertiary alicyclic amines) is 1. The molecule has 0 atom stereocenters. The average molecular weight is 369 g/mol. The third-order valence-corrected chi connectivity index (χ3v) is 6.53. The fourth-order valence-electron chi connectivity index (χ4n) is 4.14. The number of rotatable bonds is 7. The summed E-state index contributed by atoms with van der Waals surface area (Å²) >= 11 is 0. The normalized spacial score (nSPS) is 24.9. The van der Waals surface area contributed by atoms with E-state index in [1.807, 2.05) is 19.1 Å². The first-order valence-electron chi connectivity index (χ1n) is 11.0. The highest BCUT2D eigenvalue weighted by Crippen LogP contribution is 2.41. The summed E-state index contributed by atoms with van der Waals surface area (Å²) in [5.74, 6) is 10.6. The number of nitrogens with zero attached hydrogens (tertiary/aromatic N) is 2. The molecule has 2 aliphatic rings. The van der Waals surface area contributed by atoms with Crippen LogP contribution in [0, 0.1) is 35.0 Å². The van der Waals surface area contributed by atoms with Crippen LogP contribution in [0.25, 0.3) is 0 Å². The Bertz CT molecular complexity index is 600. The zero-order chi connectivity index (χ0) is 19.9. The monoisotopic (exact) mass is 368 g/mol. The van der Waals surface area contributed by atoms with Gasteiger partial charge in [-0.1, -0.05) is 44.8 Å². The molecule has 1 saturated heterocycles. The second-order valence-corrected chi connectivity index (χ2v) is 9.22. The standard InChI is InChI=1S/C25H40N2/c1-7-10-24(26-20(4)11-14-25(5,6)9-3)27-15-12-22(13-16-27)19-23-17-21(8-2)18-23/h7,10,21-23H,1,8-9,12-13,15-19H2,2-6H3/b24-10+,26-20?. The van der Waals surface area contributed by atoms with Gasteiger partial charge in [0, 0.05) is 18.5 Å². The van der Waals surface area contributed by atoms with E-state index in [2.05, 4.69) is 51.0 Å². The molecule has 0 radical (unpaired) electrons. The zero-order valence-corrected chi connectivity index (χ0v) is 18.4. The fourth-order valence-corrected chi connectivity index (χ4v) is 4.14.